The average molecular weight is 641 g/mol. The van der Waals surface area contributed by atoms with E-state index in [4.69, 9.17) is 8.85 Å². The molecule has 7 atom stereocenters. The van der Waals surface area contributed by atoms with Crippen LogP contribution in [0.5, 0.6) is 0 Å². The lowest BCUT2D eigenvalue weighted by molar-refractivity contribution is 0.0969. The Morgan fingerprint density at radius 2 is 1.52 bits per heavy atom. The fourth-order valence-corrected chi connectivity index (χ4v) is 10.6. The second kappa shape index (κ2) is 13.1. The van der Waals surface area contributed by atoms with Gasteiger partial charge in [0, 0.05) is 6.42 Å². The highest BCUT2D eigenvalue weighted by Crippen LogP contribution is 2.59. The first-order valence-corrected chi connectivity index (χ1v) is 23.8. The zero-order valence-electron chi connectivity index (χ0n) is 30.7. The Balaban J connectivity index is 1.57. The van der Waals surface area contributed by atoms with Gasteiger partial charge in [-0.1, -0.05) is 91.8 Å². The summed E-state index contributed by atoms with van der Waals surface area (Å²) in [7, 11) is -3.90. The predicted molar refractivity (Wildman–Crippen MR) is 194 cm³/mol. The summed E-state index contributed by atoms with van der Waals surface area (Å²) in [5.41, 5.74) is 4.49. The molecule has 4 fully saturated rings. The van der Waals surface area contributed by atoms with Crippen LogP contribution in [0.25, 0.3) is 0 Å². The SMILES string of the molecule is C=C1/C(=C\C=C2/CCCC3(C)C2CCC3C(C)/C=C/C(O)C2CC2)CC(O[Si](C)(C)C(C)(C)C)CC1O[Si](C)(C)C(C)(C)C. The van der Waals surface area contributed by atoms with Crippen LogP contribution in [0.1, 0.15) is 113 Å². The van der Waals surface area contributed by atoms with Crippen molar-refractivity contribution in [3.05, 3.63) is 47.6 Å². The summed E-state index contributed by atoms with van der Waals surface area (Å²) in [4.78, 5) is 0. The largest absolute Gasteiger partial charge is 0.413 e. The molecule has 3 nitrogen and oxygen atoms in total. The van der Waals surface area contributed by atoms with Crippen LogP contribution in [0.15, 0.2) is 47.6 Å². The number of hydrogen-bond donors (Lipinski definition) is 1. The molecule has 4 aliphatic carbocycles. The summed E-state index contributed by atoms with van der Waals surface area (Å²) in [6.45, 7) is 33.2. The minimum Gasteiger partial charge on any atom is -0.413 e. The third kappa shape index (κ3) is 7.86. The van der Waals surface area contributed by atoms with Gasteiger partial charge < -0.3 is 14.0 Å². The maximum atomic E-state index is 10.5. The minimum atomic E-state index is -1.98. The van der Waals surface area contributed by atoms with Gasteiger partial charge in [-0.3, -0.25) is 0 Å². The van der Waals surface area contributed by atoms with Crippen molar-refractivity contribution >= 4 is 16.6 Å². The number of aliphatic hydroxyl groups excluding tert-OH is 1. The topological polar surface area (TPSA) is 38.7 Å². The van der Waals surface area contributed by atoms with Gasteiger partial charge in [-0.2, -0.15) is 0 Å². The van der Waals surface area contributed by atoms with Gasteiger partial charge in [0.15, 0.2) is 16.6 Å². The number of fused-ring (bicyclic) bond motifs is 1. The van der Waals surface area contributed by atoms with Gasteiger partial charge >= 0.3 is 0 Å². The lowest BCUT2D eigenvalue weighted by atomic mass is 9.61. The number of rotatable bonds is 9. The van der Waals surface area contributed by atoms with Gasteiger partial charge in [0.25, 0.3) is 0 Å². The molecule has 0 heterocycles. The van der Waals surface area contributed by atoms with E-state index in [2.05, 4.69) is 112 Å². The molecule has 5 heteroatoms. The first-order chi connectivity index (χ1) is 20.2. The smallest absolute Gasteiger partial charge is 0.192 e. The monoisotopic (exact) mass is 640 g/mol. The molecule has 0 amide bonds. The highest BCUT2D eigenvalue weighted by Gasteiger charge is 2.50. The molecule has 250 valence electrons. The summed E-state index contributed by atoms with van der Waals surface area (Å²) in [6.07, 6.45) is 19.9. The Morgan fingerprint density at radius 1 is 0.909 bits per heavy atom. The summed E-state index contributed by atoms with van der Waals surface area (Å²) < 4.78 is 14.2. The van der Waals surface area contributed by atoms with Gasteiger partial charge in [-0.15, -0.1) is 0 Å². The number of hydrogen-bond acceptors (Lipinski definition) is 3. The van der Waals surface area contributed by atoms with Crippen molar-refractivity contribution < 1.29 is 14.0 Å². The van der Waals surface area contributed by atoms with Crippen molar-refractivity contribution in [1.29, 1.82) is 0 Å². The highest BCUT2D eigenvalue weighted by molar-refractivity contribution is 6.74. The Hall–Kier alpha value is -0.726. The van der Waals surface area contributed by atoms with E-state index in [-0.39, 0.29) is 28.4 Å². The van der Waals surface area contributed by atoms with Crippen LogP contribution >= 0.6 is 0 Å². The molecule has 0 bridgehead atoms. The summed E-state index contributed by atoms with van der Waals surface area (Å²) >= 11 is 0. The van der Waals surface area contributed by atoms with Crippen molar-refractivity contribution in [1.82, 2.24) is 0 Å². The maximum Gasteiger partial charge on any atom is 0.192 e. The van der Waals surface area contributed by atoms with Crippen LogP contribution in [0.4, 0.5) is 0 Å². The molecule has 1 N–H and O–H groups in total. The van der Waals surface area contributed by atoms with Crippen LogP contribution < -0.4 is 0 Å². The van der Waals surface area contributed by atoms with Gasteiger partial charge in [0.05, 0.1) is 18.3 Å². The molecule has 0 aromatic carbocycles. The molecule has 0 radical (unpaired) electrons. The zero-order chi connectivity index (χ0) is 32.9. The van der Waals surface area contributed by atoms with Gasteiger partial charge in [0.1, 0.15) is 0 Å². The number of allylic oxidation sites excluding steroid dienone is 4. The van der Waals surface area contributed by atoms with E-state index in [9.17, 15) is 5.11 Å². The number of aliphatic hydroxyl groups is 1. The van der Waals surface area contributed by atoms with E-state index in [0.717, 1.165) is 12.8 Å². The molecule has 4 saturated carbocycles. The molecule has 0 aromatic heterocycles. The van der Waals surface area contributed by atoms with Crippen LogP contribution in [0.2, 0.25) is 36.3 Å². The quantitative estimate of drug-likeness (QED) is 0.201. The second-order valence-corrected chi connectivity index (χ2v) is 27.9. The van der Waals surface area contributed by atoms with Crippen molar-refractivity contribution in [2.45, 2.75) is 168 Å². The van der Waals surface area contributed by atoms with Crippen LogP contribution in [0, 0.1) is 29.1 Å². The Labute approximate surface area is 274 Å². The molecule has 0 aliphatic heterocycles. The van der Waals surface area contributed by atoms with Gasteiger partial charge in [-0.25, -0.2) is 0 Å². The summed E-state index contributed by atoms with van der Waals surface area (Å²) in [5, 5.41) is 10.8. The Morgan fingerprint density at radius 3 is 2.11 bits per heavy atom. The molecule has 4 aliphatic rings. The fourth-order valence-electron chi connectivity index (χ4n) is 7.93. The van der Waals surface area contributed by atoms with Crippen LogP contribution in [-0.4, -0.2) is 40.1 Å². The molecule has 44 heavy (non-hydrogen) atoms. The lowest BCUT2D eigenvalue weighted by Crippen LogP contribution is -2.49. The van der Waals surface area contributed by atoms with Crippen LogP contribution in [-0.2, 0) is 8.85 Å². The third-order valence-corrected chi connectivity index (χ3v) is 22.1. The minimum absolute atomic E-state index is 0.0233. The zero-order valence-corrected chi connectivity index (χ0v) is 32.7. The van der Waals surface area contributed by atoms with E-state index in [0.29, 0.717) is 29.1 Å². The molecule has 0 saturated heterocycles. The standard InChI is InChI=1S/C39H68O3Si2/c1-27(16-23-35(40)30-18-19-30)33-21-22-34-29(15-14-24-39(33,34)9)17-20-31-25-32(41-43(10,11)37(3,4)5)26-36(28(31)2)42-44(12,13)38(6,7)8/h16-17,20,23,27,30,32-36,40H,2,14-15,18-19,21-22,24-26H2,1,3-13H3/b23-16+,29-17+,31-20-. The Kier molecular flexibility index (Phi) is 10.7. The van der Waals surface area contributed by atoms with Gasteiger partial charge in [0.2, 0.25) is 0 Å². The fraction of sp³-hybridized carbons (Fsp3) is 0.795. The molecule has 4 rings (SSSR count). The molecular formula is C39H68O3Si2. The van der Waals surface area contributed by atoms with Gasteiger partial charge in [-0.05, 0) is 128 Å². The van der Waals surface area contributed by atoms with Crippen molar-refractivity contribution in [3.63, 3.8) is 0 Å². The van der Waals surface area contributed by atoms with E-state index in [1.807, 2.05) is 0 Å². The normalized spacial score (nSPS) is 34.2. The van der Waals surface area contributed by atoms with E-state index in [1.54, 1.807) is 5.57 Å². The summed E-state index contributed by atoms with van der Waals surface area (Å²) in [6, 6.07) is 0. The molecule has 0 spiro atoms. The van der Waals surface area contributed by atoms with Crippen molar-refractivity contribution in [2.24, 2.45) is 29.1 Å². The second-order valence-electron chi connectivity index (χ2n) is 18.4. The highest BCUT2D eigenvalue weighted by atomic mass is 28.4. The van der Waals surface area contributed by atoms with Crippen molar-refractivity contribution in [3.8, 4) is 0 Å². The van der Waals surface area contributed by atoms with E-state index < -0.39 is 16.6 Å². The average Bonchev–Trinajstić information content (AvgIpc) is 3.68. The van der Waals surface area contributed by atoms with E-state index in [1.165, 1.54) is 56.1 Å². The molecular weight excluding hydrogens is 573 g/mol. The molecule has 0 aromatic rings. The lowest BCUT2D eigenvalue weighted by Gasteiger charge is -2.45. The van der Waals surface area contributed by atoms with Crippen LogP contribution in [0.3, 0.4) is 0 Å². The van der Waals surface area contributed by atoms with Crippen molar-refractivity contribution in [2.75, 3.05) is 0 Å². The summed E-state index contributed by atoms with van der Waals surface area (Å²) in [5.74, 6) is 2.35. The first kappa shape index (κ1) is 36.1. The maximum absolute atomic E-state index is 10.5. The first-order valence-electron chi connectivity index (χ1n) is 18.0. The molecule has 7 unspecified atom stereocenters. The Bertz CT molecular complexity index is 1130. The van der Waals surface area contributed by atoms with E-state index >= 15 is 0 Å². The third-order valence-electron chi connectivity index (χ3n) is 13.1. The predicted octanol–water partition coefficient (Wildman–Crippen LogP) is 11.1.